The van der Waals surface area contributed by atoms with Crippen LogP contribution in [0.25, 0.3) is 0 Å². The van der Waals surface area contributed by atoms with Crippen LogP contribution in [-0.2, 0) is 9.47 Å². The molecule has 2 unspecified atom stereocenters. The summed E-state index contributed by atoms with van der Waals surface area (Å²) in [7, 11) is 0. The monoisotopic (exact) mass is 489 g/mol. The molecule has 1 aromatic carbocycles. The van der Waals surface area contributed by atoms with Crippen molar-refractivity contribution in [1.29, 1.82) is 5.26 Å². The highest BCUT2D eigenvalue weighted by atomic mass is 35.5. The zero-order valence-corrected chi connectivity index (χ0v) is 19.6. The average Bonchev–Trinajstić information content (AvgIpc) is 2.80. The van der Waals surface area contributed by atoms with Crippen molar-refractivity contribution < 1.29 is 23.4 Å². The van der Waals surface area contributed by atoms with Crippen molar-refractivity contribution in [2.24, 2.45) is 17.8 Å². The molecule has 3 heterocycles. The van der Waals surface area contributed by atoms with Crippen LogP contribution in [0, 0.1) is 34.9 Å². The zero-order valence-electron chi connectivity index (χ0n) is 18.8. The largest absolute Gasteiger partial charge is 0.471 e. The van der Waals surface area contributed by atoms with Crippen LogP contribution >= 0.6 is 11.6 Å². The molecule has 2 aromatic rings. The first-order valence-electron chi connectivity index (χ1n) is 11.0. The molecule has 2 saturated heterocycles. The third-order valence-corrected chi connectivity index (χ3v) is 5.97. The van der Waals surface area contributed by atoms with Gasteiger partial charge in [0.25, 0.3) is 5.88 Å². The molecule has 0 radical (unpaired) electrons. The second kappa shape index (κ2) is 10.4. The third-order valence-electron chi connectivity index (χ3n) is 5.66. The highest BCUT2D eigenvalue weighted by Crippen LogP contribution is 2.34. The Labute approximate surface area is 201 Å². The van der Waals surface area contributed by atoms with E-state index in [2.05, 4.69) is 15.3 Å². The Morgan fingerprint density at radius 1 is 1.35 bits per heavy atom. The number of carbonyl (C=O) groups is 1. The summed E-state index contributed by atoms with van der Waals surface area (Å²) in [6, 6.07) is 6.59. The Morgan fingerprint density at radius 2 is 2.09 bits per heavy atom. The molecule has 34 heavy (non-hydrogen) atoms. The number of amides is 1. The molecule has 11 heteroatoms. The summed E-state index contributed by atoms with van der Waals surface area (Å²) in [6.45, 7) is 5.84. The molecule has 1 N–H and O–H groups in total. The Hall–Kier alpha value is -3.16. The Balaban J connectivity index is 1.47. The number of nitrogens with zero attached hydrogens (tertiary/aromatic N) is 4. The first kappa shape index (κ1) is 24.0. The number of ether oxygens (including phenoxy) is 3. The fraction of sp³-hybridized carbons (Fsp3) is 0.478. The van der Waals surface area contributed by atoms with E-state index in [0.29, 0.717) is 44.2 Å². The number of fused-ring (bicyclic) bond motifs is 2. The van der Waals surface area contributed by atoms with E-state index < -0.39 is 5.82 Å². The molecule has 2 atom stereocenters. The molecule has 180 valence electrons. The van der Waals surface area contributed by atoms with Crippen molar-refractivity contribution >= 4 is 29.2 Å². The number of hydrogen-bond acceptors (Lipinski definition) is 8. The molecule has 2 bridgehead atoms. The SMILES string of the molecule is CC(C)COC(=O)N1CC2COCC(C1)C2Oc1ncnc(Nc2ccc(C#N)cc2Cl)c1F. The highest BCUT2D eigenvalue weighted by Gasteiger charge is 2.44. The molecule has 2 fully saturated rings. The minimum absolute atomic E-state index is 0.104. The van der Waals surface area contributed by atoms with Gasteiger partial charge in [0.2, 0.25) is 5.82 Å². The van der Waals surface area contributed by atoms with Crippen molar-refractivity contribution in [3.63, 3.8) is 0 Å². The van der Waals surface area contributed by atoms with Crippen LogP contribution in [0.1, 0.15) is 19.4 Å². The van der Waals surface area contributed by atoms with Crippen molar-refractivity contribution in [3.05, 3.63) is 40.9 Å². The number of nitrogens with one attached hydrogen (secondary N) is 1. The van der Waals surface area contributed by atoms with E-state index in [4.69, 9.17) is 31.1 Å². The molecule has 0 aliphatic carbocycles. The number of carbonyl (C=O) groups excluding carboxylic acids is 1. The number of anilines is 2. The first-order chi connectivity index (χ1) is 16.4. The summed E-state index contributed by atoms with van der Waals surface area (Å²) in [5, 5.41) is 12.1. The van der Waals surface area contributed by atoms with Gasteiger partial charge in [0.15, 0.2) is 5.82 Å². The van der Waals surface area contributed by atoms with E-state index >= 15 is 4.39 Å². The topological polar surface area (TPSA) is 110 Å². The highest BCUT2D eigenvalue weighted by molar-refractivity contribution is 6.33. The van der Waals surface area contributed by atoms with E-state index in [1.54, 1.807) is 17.0 Å². The second-order valence-corrected chi connectivity index (χ2v) is 9.20. The maximum absolute atomic E-state index is 15.2. The van der Waals surface area contributed by atoms with Crippen molar-refractivity contribution in [2.75, 3.05) is 38.2 Å². The van der Waals surface area contributed by atoms with E-state index in [-0.39, 0.29) is 46.7 Å². The van der Waals surface area contributed by atoms with Crippen LogP contribution in [0.5, 0.6) is 5.88 Å². The van der Waals surface area contributed by atoms with Crippen LogP contribution in [0.15, 0.2) is 24.5 Å². The summed E-state index contributed by atoms with van der Waals surface area (Å²) in [6.07, 6.45) is 0.463. The van der Waals surface area contributed by atoms with Gasteiger partial charge in [-0.3, -0.25) is 0 Å². The number of hydrogen-bond donors (Lipinski definition) is 1. The van der Waals surface area contributed by atoms with Gasteiger partial charge in [-0.25, -0.2) is 9.78 Å². The average molecular weight is 490 g/mol. The minimum Gasteiger partial charge on any atom is -0.471 e. The second-order valence-electron chi connectivity index (χ2n) is 8.79. The Morgan fingerprint density at radius 3 is 2.74 bits per heavy atom. The van der Waals surface area contributed by atoms with E-state index in [0.717, 1.165) is 0 Å². The molecule has 4 rings (SSSR count). The number of rotatable bonds is 6. The van der Waals surface area contributed by atoms with Gasteiger partial charge in [-0.05, 0) is 24.1 Å². The van der Waals surface area contributed by atoms with Gasteiger partial charge in [0.05, 0.1) is 42.2 Å². The van der Waals surface area contributed by atoms with Crippen LogP contribution in [0.4, 0.5) is 20.7 Å². The Kier molecular flexibility index (Phi) is 7.34. The lowest BCUT2D eigenvalue weighted by Crippen LogP contribution is -2.58. The lowest BCUT2D eigenvalue weighted by Gasteiger charge is -2.45. The van der Waals surface area contributed by atoms with Crippen LogP contribution in [0.3, 0.4) is 0 Å². The van der Waals surface area contributed by atoms with Crippen LogP contribution in [-0.4, -0.2) is 60.0 Å². The fourth-order valence-electron chi connectivity index (χ4n) is 4.04. The molecule has 0 saturated carbocycles. The third kappa shape index (κ3) is 5.32. The molecule has 2 aliphatic heterocycles. The number of piperidine rings is 1. The molecule has 9 nitrogen and oxygen atoms in total. The van der Waals surface area contributed by atoms with E-state index in [1.807, 2.05) is 19.9 Å². The minimum atomic E-state index is -0.763. The maximum Gasteiger partial charge on any atom is 0.409 e. The van der Waals surface area contributed by atoms with Gasteiger partial charge in [-0.2, -0.15) is 14.6 Å². The smallest absolute Gasteiger partial charge is 0.409 e. The lowest BCUT2D eigenvalue weighted by molar-refractivity contribution is -0.111. The predicted molar refractivity (Wildman–Crippen MR) is 121 cm³/mol. The van der Waals surface area contributed by atoms with Gasteiger partial charge in [0, 0.05) is 24.9 Å². The molecular formula is C23H25ClFN5O4. The van der Waals surface area contributed by atoms with Gasteiger partial charge < -0.3 is 24.4 Å². The van der Waals surface area contributed by atoms with Crippen LogP contribution < -0.4 is 10.1 Å². The number of nitriles is 1. The number of likely N-dealkylation sites (tertiary alicyclic amines) is 1. The van der Waals surface area contributed by atoms with Crippen molar-refractivity contribution in [2.45, 2.75) is 20.0 Å². The summed E-state index contributed by atoms with van der Waals surface area (Å²) in [5.41, 5.74) is 0.777. The molecular weight excluding hydrogens is 465 g/mol. The normalized spacial score (nSPS) is 21.6. The molecule has 1 aromatic heterocycles. The van der Waals surface area contributed by atoms with Gasteiger partial charge in [-0.1, -0.05) is 25.4 Å². The van der Waals surface area contributed by atoms with Gasteiger partial charge in [-0.15, -0.1) is 0 Å². The van der Waals surface area contributed by atoms with Gasteiger partial charge in [0.1, 0.15) is 12.4 Å². The maximum atomic E-state index is 15.2. The molecule has 0 spiro atoms. The summed E-state index contributed by atoms with van der Waals surface area (Å²) < 4.78 is 32.3. The lowest BCUT2D eigenvalue weighted by atomic mass is 9.84. The summed E-state index contributed by atoms with van der Waals surface area (Å²) in [5.74, 6) is -1.13. The van der Waals surface area contributed by atoms with Crippen molar-refractivity contribution in [3.8, 4) is 11.9 Å². The fourth-order valence-corrected chi connectivity index (χ4v) is 4.26. The first-order valence-corrected chi connectivity index (χ1v) is 11.4. The van der Waals surface area contributed by atoms with E-state index in [1.165, 1.54) is 12.4 Å². The van der Waals surface area contributed by atoms with Crippen LogP contribution in [0.2, 0.25) is 5.02 Å². The Bertz CT molecular complexity index is 1080. The van der Waals surface area contributed by atoms with Gasteiger partial charge >= 0.3 is 6.09 Å². The molecule has 1 amide bonds. The van der Waals surface area contributed by atoms with E-state index in [9.17, 15) is 4.79 Å². The van der Waals surface area contributed by atoms with Crippen molar-refractivity contribution in [1.82, 2.24) is 14.9 Å². The predicted octanol–water partition coefficient (Wildman–Crippen LogP) is 4.00. The number of aromatic nitrogens is 2. The zero-order chi connectivity index (χ0) is 24.2. The summed E-state index contributed by atoms with van der Waals surface area (Å²) >= 11 is 6.18. The number of halogens is 2. The summed E-state index contributed by atoms with van der Waals surface area (Å²) in [4.78, 5) is 22.0. The quantitative estimate of drug-likeness (QED) is 0.648. The standard InChI is InChI=1S/C23H25ClFN5O4/c1-13(2)9-33-23(31)30-7-15-10-32-11-16(8-30)20(15)34-22-19(25)21(27-12-28-22)29-18-4-3-14(6-26)5-17(18)24/h3-5,12-13,15-16,20H,7-11H2,1-2H3,(H,27,28,29). The molecule has 2 aliphatic rings. The number of benzene rings is 1.